The number of aromatic nitrogens is 3. The van der Waals surface area contributed by atoms with Crippen LogP contribution in [0.4, 0.5) is 8.78 Å². The molecule has 0 aliphatic heterocycles. The van der Waals surface area contributed by atoms with Gasteiger partial charge in [-0.1, -0.05) is 6.92 Å². The van der Waals surface area contributed by atoms with Gasteiger partial charge in [0.05, 0.1) is 6.54 Å². The molecule has 1 aromatic rings. The van der Waals surface area contributed by atoms with Crippen molar-refractivity contribution < 1.29 is 8.78 Å². The molecule has 0 aliphatic carbocycles. The maximum atomic E-state index is 13.2. The van der Waals surface area contributed by atoms with Crippen molar-refractivity contribution in [3.05, 3.63) is 12.7 Å². The molecule has 0 aromatic carbocycles. The van der Waals surface area contributed by atoms with Crippen LogP contribution in [0.5, 0.6) is 0 Å². The summed E-state index contributed by atoms with van der Waals surface area (Å²) in [6.45, 7) is 1.79. The lowest BCUT2D eigenvalue weighted by Gasteiger charge is -2.16. The number of hydrogen-bond donors (Lipinski definition) is 1. The predicted octanol–water partition coefficient (Wildman–Crippen LogP) is 0.913. The first kappa shape index (κ1) is 11.0. The van der Waals surface area contributed by atoms with E-state index in [-0.39, 0.29) is 6.54 Å². The number of rotatable bonds is 6. The molecule has 0 spiro atoms. The maximum absolute atomic E-state index is 13.2. The van der Waals surface area contributed by atoms with E-state index < -0.39 is 12.5 Å². The highest BCUT2D eigenvalue weighted by Gasteiger charge is 2.29. The molecule has 0 aliphatic rings. The van der Waals surface area contributed by atoms with Crippen molar-refractivity contribution in [1.29, 1.82) is 0 Å². The summed E-state index contributed by atoms with van der Waals surface area (Å²) in [5.41, 5.74) is 0. The van der Waals surface area contributed by atoms with Crippen LogP contribution in [0, 0.1) is 0 Å². The Kier molecular flexibility index (Phi) is 3.94. The van der Waals surface area contributed by atoms with Gasteiger partial charge < -0.3 is 5.32 Å². The minimum atomic E-state index is -2.77. The Labute approximate surface area is 81.3 Å². The third kappa shape index (κ3) is 3.78. The zero-order valence-corrected chi connectivity index (χ0v) is 8.08. The largest absolute Gasteiger partial charge is 0.311 e. The molecule has 0 unspecified atom stereocenters. The Bertz CT molecular complexity index is 248. The van der Waals surface area contributed by atoms with E-state index in [1.165, 1.54) is 12.7 Å². The summed E-state index contributed by atoms with van der Waals surface area (Å²) in [4.78, 5) is 3.60. The van der Waals surface area contributed by atoms with Gasteiger partial charge in [0.25, 0.3) is 5.92 Å². The SMILES string of the molecule is CCCNCC(F)(F)Cn1cncn1. The van der Waals surface area contributed by atoms with E-state index in [0.717, 1.165) is 11.1 Å². The Hall–Kier alpha value is -1.04. The van der Waals surface area contributed by atoms with Crippen molar-refractivity contribution >= 4 is 0 Å². The lowest BCUT2D eigenvalue weighted by atomic mass is 10.3. The molecular formula is C8H14F2N4. The van der Waals surface area contributed by atoms with Crippen molar-refractivity contribution in [3.63, 3.8) is 0 Å². The van der Waals surface area contributed by atoms with Gasteiger partial charge in [-0.3, -0.25) is 0 Å². The van der Waals surface area contributed by atoms with E-state index in [9.17, 15) is 8.78 Å². The quantitative estimate of drug-likeness (QED) is 0.700. The van der Waals surface area contributed by atoms with E-state index >= 15 is 0 Å². The monoisotopic (exact) mass is 204 g/mol. The van der Waals surface area contributed by atoms with Crippen LogP contribution in [0.15, 0.2) is 12.7 Å². The van der Waals surface area contributed by atoms with Gasteiger partial charge in [-0.05, 0) is 13.0 Å². The summed E-state index contributed by atoms with van der Waals surface area (Å²) < 4.78 is 27.5. The minimum Gasteiger partial charge on any atom is -0.311 e. The van der Waals surface area contributed by atoms with Gasteiger partial charge in [-0.25, -0.2) is 18.4 Å². The number of hydrogen-bond acceptors (Lipinski definition) is 3. The predicted molar refractivity (Wildman–Crippen MR) is 48.1 cm³/mol. The topological polar surface area (TPSA) is 42.7 Å². The van der Waals surface area contributed by atoms with Crippen molar-refractivity contribution in [3.8, 4) is 0 Å². The van der Waals surface area contributed by atoms with Crippen LogP contribution in [0.25, 0.3) is 0 Å². The molecule has 0 saturated carbocycles. The van der Waals surface area contributed by atoms with Crippen molar-refractivity contribution in [2.45, 2.75) is 25.8 Å². The highest BCUT2D eigenvalue weighted by atomic mass is 19.3. The fraction of sp³-hybridized carbons (Fsp3) is 0.750. The van der Waals surface area contributed by atoms with Gasteiger partial charge in [0.1, 0.15) is 19.2 Å². The van der Waals surface area contributed by atoms with Gasteiger partial charge in [-0.2, -0.15) is 5.10 Å². The molecule has 1 aromatic heterocycles. The Morgan fingerprint density at radius 3 is 2.86 bits per heavy atom. The van der Waals surface area contributed by atoms with Gasteiger partial charge in [-0.15, -0.1) is 0 Å². The molecule has 4 nitrogen and oxygen atoms in total. The first-order chi connectivity index (χ1) is 6.64. The second-order valence-electron chi connectivity index (χ2n) is 3.13. The smallest absolute Gasteiger partial charge is 0.279 e. The van der Waals surface area contributed by atoms with Crippen LogP contribution in [-0.4, -0.2) is 33.8 Å². The van der Waals surface area contributed by atoms with E-state index in [0.29, 0.717) is 6.54 Å². The molecule has 0 saturated heterocycles. The third-order valence-corrected chi connectivity index (χ3v) is 1.67. The number of nitrogens with zero attached hydrogens (tertiary/aromatic N) is 3. The first-order valence-electron chi connectivity index (χ1n) is 4.55. The molecule has 6 heteroatoms. The average molecular weight is 204 g/mol. The molecular weight excluding hydrogens is 190 g/mol. The van der Waals surface area contributed by atoms with Gasteiger partial charge in [0.15, 0.2) is 0 Å². The van der Waals surface area contributed by atoms with Gasteiger partial charge in [0, 0.05) is 0 Å². The zero-order chi connectivity index (χ0) is 10.4. The van der Waals surface area contributed by atoms with Crippen molar-refractivity contribution in [2.24, 2.45) is 0 Å². The molecule has 0 amide bonds. The summed E-state index contributed by atoms with van der Waals surface area (Å²) in [6, 6.07) is 0. The van der Waals surface area contributed by atoms with Crippen molar-refractivity contribution in [2.75, 3.05) is 13.1 Å². The van der Waals surface area contributed by atoms with E-state index in [4.69, 9.17) is 0 Å². The van der Waals surface area contributed by atoms with Crippen molar-refractivity contribution in [1.82, 2.24) is 20.1 Å². The fourth-order valence-electron chi connectivity index (χ4n) is 1.06. The molecule has 0 radical (unpaired) electrons. The number of nitrogens with one attached hydrogen (secondary N) is 1. The first-order valence-corrected chi connectivity index (χ1v) is 4.55. The highest BCUT2D eigenvalue weighted by Crippen LogP contribution is 2.13. The van der Waals surface area contributed by atoms with Crippen LogP contribution in [-0.2, 0) is 6.54 Å². The molecule has 1 N–H and O–H groups in total. The van der Waals surface area contributed by atoms with E-state index in [1.54, 1.807) is 0 Å². The molecule has 0 bridgehead atoms. The highest BCUT2D eigenvalue weighted by molar-refractivity contribution is 4.71. The maximum Gasteiger partial charge on any atom is 0.279 e. The minimum absolute atomic E-state index is 0.319. The molecule has 1 heterocycles. The van der Waals surface area contributed by atoms with E-state index in [2.05, 4.69) is 15.4 Å². The molecule has 1 rings (SSSR count). The second kappa shape index (κ2) is 4.99. The molecule has 0 atom stereocenters. The van der Waals surface area contributed by atoms with Gasteiger partial charge in [0.2, 0.25) is 0 Å². The summed E-state index contributed by atoms with van der Waals surface area (Å²) in [5.74, 6) is -2.77. The zero-order valence-electron chi connectivity index (χ0n) is 8.08. The third-order valence-electron chi connectivity index (χ3n) is 1.67. The standard InChI is InChI=1S/C8H14F2N4/c1-2-3-11-4-8(9,10)5-14-7-12-6-13-14/h6-7,11H,2-5H2,1H3. The second-order valence-corrected chi connectivity index (χ2v) is 3.13. The van der Waals surface area contributed by atoms with Crippen LogP contribution in [0.3, 0.4) is 0 Å². The summed E-state index contributed by atoms with van der Waals surface area (Å²) in [7, 11) is 0. The van der Waals surface area contributed by atoms with Gasteiger partial charge >= 0.3 is 0 Å². The van der Waals surface area contributed by atoms with Crippen LogP contribution >= 0.6 is 0 Å². The number of halogens is 2. The fourth-order valence-corrected chi connectivity index (χ4v) is 1.06. The Morgan fingerprint density at radius 2 is 2.29 bits per heavy atom. The lowest BCUT2D eigenvalue weighted by Crippen LogP contribution is -2.37. The molecule has 14 heavy (non-hydrogen) atoms. The normalized spacial score (nSPS) is 11.9. The summed E-state index contributed by atoms with van der Waals surface area (Å²) in [5, 5.41) is 6.30. The summed E-state index contributed by atoms with van der Waals surface area (Å²) in [6.07, 6.45) is 3.38. The van der Waals surface area contributed by atoms with Crippen LogP contribution < -0.4 is 5.32 Å². The van der Waals surface area contributed by atoms with Crippen LogP contribution in [0.2, 0.25) is 0 Å². The van der Waals surface area contributed by atoms with Crippen LogP contribution in [0.1, 0.15) is 13.3 Å². The van der Waals surface area contributed by atoms with E-state index in [1.807, 2.05) is 6.92 Å². The number of alkyl halides is 2. The molecule has 80 valence electrons. The average Bonchev–Trinajstić information content (AvgIpc) is 2.56. The molecule has 0 fully saturated rings. The summed E-state index contributed by atoms with van der Waals surface area (Å²) >= 11 is 0. The lowest BCUT2D eigenvalue weighted by molar-refractivity contribution is -0.0178. The Morgan fingerprint density at radius 1 is 1.50 bits per heavy atom. The Balaban J connectivity index is 2.33.